The third-order valence-corrected chi connectivity index (χ3v) is 1.77. The molecule has 0 aliphatic carbocycles. The van der Waals surface area contributed by atoms with Crippen LogP contribution in [-0.2, 0) is 24.1 Å². The summed E-state index contributed by atoms with van der Waals surface area (Å²) < 4.78 is 6.17. The van der Waals surface area contributed by atoms with Crippen LogP contribution in [0.5, 0.6) is 0 Å². The Labute approximate surface area is 53.6 Å². The van der Waals surface area contributed by atoms with Crippen molar-refractivity contribution >= 4 is 4.21 Å². The molecule has 1 saturated heterocycles. The predicted octanol–water partition coefficient (Wildman–Crippen LogP) is -0.369. The molecule has 0 amide bonds. The Hall–Kier alpha value is 0.478. The summed E-state index contributed by atoms with van der Waals surface area (Å²) in [6.45, 7) is 2.00. The van der Waals surface area contributed by atoms with Crippen LogP contribution in [-0.4, -0.2) is 17.4 Å². The van der Waals surface area contributed by atoms with Gasteiger partial charge in [0.25, 0.3) is 0 Å². The molecule has 0 radical (unpaired) electrons. The van der Waals surface area contributed by atoms with E-state index in [1.165, 1.54) is 19.4 Å². The number of ether oxygens (including phenoxy) is 1. The molecule has 0 aromatic carbocycles. The van der Waals surface area contributed by atoms with E-state index in [0.29, 0.717) is 0 Å². The van der Waals surface area contributed by atoms with Gasteiger partial charge in [-0.1, -0.05) is 0 Å². The Bertz CT molecular complexity index is 75.8. The molecule has 7 heavy (non-hydrogen) atoms. The van der Waals surface area contributed by atoms with Crippen LogP contribution in [0, 0.1) is 0 Å². The monoisotopic (exact) mass is 269 g/mol. The van der Waals surface area contributed by atoms with Crippen molar-refractivity contribution in [3.05, 3.63) is 0 Å². The predicted molar refractivity (Wildman–Crippen MR) is 23.6 cm³/mol. The first-order chi connectivity index (χ1) is 3.39. The first-order valence-electron chi connectivity index (χ1n) is 2.30. The second kappa shape index (κ2) is 2.70. The van der Waals surface area contributed by atoms with E-state index in [4.69, 9.17) is 4.74 Å². The van der Waals surface area contributed by atoms with Crippen LogP contribution in [0.2, 0.25) is 0 Å². The van der Waals surface area contributed by atoms with Gasteiger partial charge in [0.05, 0.1) is 0 Å². The van der Waals surface area contributed by atoms with E-state index in [2.05, 4.69) is 5.32 Å². The van der Waals surface area contributed by atoms with Gasteiger partial charge in [-0.15, -0.1) is 0 Å². The van der Waals surface area contributed by atoms with Crippen molar-refractivity contribution in [3.63, 3.8) is 0 Å². The minimum absolute atomic E-state index is 0.909. The van der Waals surface area contributed by atoms with Gasteiger partial charge in [-0.2, -0.15) is 0 Å². The van der Waals surface area contributed by atoms with E-state index in [-0.39, 0.29) is 0 Å². The van der Waals surface area contributed by atoms with Crippen molar-refractivity contribution in [1.82, 2.24) is 5.32 Å². The summed E-state index contributed by atoms with van der Waals surface area (Å²) >= 11 is 1.40. The standard InChI is InChI=1S/C4H7NO.W/c1-2-5-4-6-3-1;/h5H,1-3H2;. The fourth-order valence-electron chi connectivity index (χ4n) is 0.479. The molecular weight excluding hydrogens is 262 g/mol. The van der Waals surface area contributed by atoms with Gasteiger partial charge in [-0.3, -0.25) is 0 Å². The third kappa shape index (κ3) is 1.81. The SMILES string of the molecule is [W]=[C]1NCCCO1. The van der Waals surface area contributed by atoms with Crippen molar-refractivity contribution in [2.45, 2.75) is 6.42 Å². The molecule has 0 atom stereocenters. The van der Waals surface area contributed by atoms with E-state index < -0.39 is 0 Å². The average molecular weight is 269 g/mol. The van der Waals surface area contributed by atoms with Gasteiger partial charge in [-0.25, -0.2) is 0 Å². The average Bonchev–Trinajstić information content (AvgIpc) is 1.69. The van der Waals surface area contributed by atoms with Crippen LogP contribution in [0.4, 0.5) is 0 Å². The molecule has 0 bridgehead atoms. The molecular formula is C4H7NOW. The van der Waals surface area contributed by atoms with Crippen LogP contribution in [0.1, 0.15) is 6.42 Å². The number of nitrogens with one attached hydrogen (secondary N) is 1. The topological polar surface area (TPSA) is 21.3 Å². The molecule has 40 valence electrons. The van der Waals surface area contributed by atoms with Gasteiger partial charge in [0.15, 0.2) is 0 Å². The van der Waals surface area contributed by atoms with Crippen molar-refractivity contribution < 1.29 is 24.1 Å². The molecule has 1 heterocycles. The summed E-state index contributed by atoms with van der Waals surface area (Å²) in [4.78, 5) is 0. The maximum absolute atomic E-state index is 5.12. The van der Waals surface area contributed by atoms with E-state index >= 15 is 0 Å². The minimum atomic E-state index is 0.909. The van der Waals surface area contributed by atoms with E-state index in [1.54, 1.807) is 0 Å². The molecule has 0 saturated carbocycles. The normalized spacial score (nSPS) is 22.6. The fraction of sp³-hybridized carbons (Fsp3) is 0.750. The van der Waals surface area contributed by atoms with Crippen LogP contribution in [0.15, 0.2) is 0 Å². The van der Waals surface area contributed by atoms with Crippen LogP contribution in [0.25, 0.3) is 0 Å². The summed E-state index contributed by atoms with van der Waals surface area (Å²) in [5.74, 6) is 0. The summed E-state index contributed by atoms with van der Waals surface area (Å²) in [7, 11) is 0. The van der Waals surface area contributed by atoms with E-state index in [9.17, 15) is 0 Å². The van der Waals surface area contributed by atoms with Gasteiger partial charge in [0.2, 0.25) is 0 Å². The van der Waals surface area contributed by atoms with Crippen LogP contribution >= 0.6 is 0 Å². The van der Waals surface area contributed by atoms with E-state index in [1.807, 2.05) is 0 Å². The van der Waals surface area contributed by atoms with Gasteiger partial charge in [0, 0.05) is 0 Å². The second-order valence-electron chi connectivity index (χ2n) is 1.42. The van der Waals surface area contributed by atoms with Gasteiger partial charge in [-0.05, 0) is 0 Å². The van der Waals surface area contributed by atoms with Crippen molar-refractivity contribution in [1.29, 1.82) is 0 Å². The number of hydrogen-bond donors (Lipinski definition) is 1. The van der Waals surface area contributed by atoms with Crippen LogP contribution in [0.3, 0.4) is 0 Å². The molecule has 1 N–H and O–H groups in total. The molecule has 0 aromatic heterocycles. The van der Waals surface area contributed by atoms with Crippen LogP contribution < -0.4 is 5.32 Å². The van der Waals surface area contributed by atoms with Gasteiger partial charge >= 0.3 is 53.2 Å². The molecule has 0 aromatic rings. The molecule has 2 nitrogen and oxygen atoms in total. The van der Waals surface area contributed by atoms with Crippen molar-refractivity contribution in [2.75, 3.05) is 13.2 Å². The zero-order valence-corrected chi connectivity index (χ0v) is 6.87. The van der Waals surface area contributed by atoms with Crippen molar-refractivity contribution in [2.24, 2.45) is 0 Å². The zero-order valence-electron chi connectivity index (χ0n) is 3.94. The number of hydrogen-bond acceptors (Lipinski definition) is 2. The molecule has 0 spiro atoms. The molecule has 1 fully saturated rings. The molecule has 0 unspecified atom stereocenters. The van der Waals surface area contributed by atoms with E-state index in [0.717, 1.165) is 23.8 Å². The zero-order chi connectivity index (χ0) is 5.11. The summed E-state index contributed by atoms with van der Waals surface area (Å²) in [6.07, 6.45) is 1.15. The molecule has 1 aliphatic rings. The first kappa shape index (κ1) is 5.61. The van der Waals surface area contributed by atoms with Gasteiger partial charge in [0.1, 0.15) is 0 Å². The molecule has 3 heteroatoms. The second-order valence-corrected chi connectivity index (χ2v) is 2.75. The Balaban J connectivity index is 2.25. The first-order valence-corrected chi connectivity index (χ1v) is 3.77. The Morgan fingerprint density at radius 2 is 2.57 bits per heavy atom. The summed E-state index contributed by atoms with van der Waals surface area (Å²) in [5, 5.41) is 3.11. The Morgan fingerprint density at radius 3 is 2.86 bits per heavy atom. The molecule has 1 aliphatic heterocycles. The Kier molecular flexibility index (Phi) is 2.17. The summed E-state index contributed by atoms with van der Waals surface area (Å²) in [6, 6.07) is 0. The maximum atomic E-state index is 5.12. The van der Waals surface area contributed by atoms with Gasteiger partial charge < -0.3 is 0 Å². The Morgan fingerprint density at radius 1 is 1.71 bits per heavy atom. The quantitative estimate of drug-likeness (QED) is 0.648. The van der Waals surface area contributed by atoms with Crippen molar-refractivity contribution in [3.8, 4) is 0 Å². The number of rotatable bonds is 0. The summed E-state index contributed by atoms with van der Waals surface area (Å²) in [5.41, 5.74) is 0. The third-order valence-electron chi connectivity index (χ3n) is 0.824. The molecule has 1 rings (SSSR count). The fourth-order valence-corrected chi connectivity index (χ4v) is 1.14.